The van der Waals surface area contributed by atoms with Crippen LogP contribution >= 0.6 is 22.3 Å². The van der Waals surface area contributed by atoms with Crippen LogP contribution in [-0.2, 0) is 6.54 Å². The normalized spacial score (nSPS) is 21.0. The van der Waals surface area contributed by atoms with Crippen molar-refractivity contribution in [3.05, 3.63) is 47.2 Å². The van der Waals surface area contributed by atoms with Crippen LogP contribution in [0.5, 0.6) is 0 Å². The monoisotopic (exact) mass is 478 g/mol. The van der Waals surface area contributed by atoms with Crippen molar-refractivity contribution in [2.75, 3.05) is 23.1 Å². The van der Waals surface area contributed by atoms with Crippen LogP contribution in [0.25, 0.3) is 10.8 Å². The zero-order valence-electron chi connectivity index (χ0n) is 17.6. The molecule has 3 aromatic rings. The minimum Gasteiger partial charge on any atom is -0.328 e. The number of hydrogen-bond acceptors (Lipinski definition) is 8. The van der Waals surface area contributed by atoms with Gasteiger partial charge in [-0.3, -0.25) is 18.2 Å². The Morgan fingerprint density at radius 2 is 1.94 bits per heavy atom. The van der Waals surface area contributed by atoms with E-state index in [9.17, 15) is 18.3 Å². The number of halogens is 1. The molecule has 170 valence electrons. The van der Waals surface area contributed by atoms with Gasteiger partial charge in [0.05, 0.1) is 17.5 Å². The first-order chi connectivity index (χ1) is 15.3. The van der Waals surface area contributed by atoms with Gasteiger partial charge in [-0.15, -0.1) is 10.8 Å². The lowest BCUT2D eigenvalue weighted by molar-refractivity contribution is 0.0645. The predicted molar refractivity (Wildman–Crippen MR) is 121 cm³/mol. The van der Waals surface area contributed by atoms with Crippen molar-refractivity contribution in [2.45, 2.75) is 32.9 Å². The van der Waals surface area contributed by atoms with Gasteiger partial charge in [-0.2, -0.15) is 4.37 Å². The lowest BCUT2D eigenvalue weighted by Gasteiger charge is -2.40. The summed E-state index contributed by atoms with van der Waals surface area (Å²) < 4.78 is 42.4. The molecule has 1 fully saturated rings. The maximum absolute atomic E-state index is 13.3. The maximum atomic E-state index is 13.3. The molecule has 0 aliphatic carbocycles. The Morgan fingerprint density at radius 3 is 2.56 bits per heavy atom. The molecular formula is C20H23FN6O3S2. The fourth-order valence-electron chi connectivity index (χ4n) is 4.31. The SMILES string of the molecule is Cc1nsc(-c2nc(N3CCCS3(O)O)c3n2CCN(C(=O)c2ccc(F)cc2)[C@@H]3C)n1. The summed E-state index contributed by atoms with van der Waals surface area (Å²) in [6.07, 6.45) is 0.647. The molecular weight excluding hydrogens is 455 g/mol. The molecule has 2 aromatic heterocycles. The summed E-state index contributed by atoms with van der Waals surface area (Å²) >= 11 is 1.24. The predicted octanol–water partition coefficient (Wildman–Crippen LogP) is 3.94. The molecule has 4 heterocycles. The topological polar surface area (TPSA) is 108 Å². The number of benzene rings is 1. The van der Waals surface area contributed by atoms with E-state index in [1.54, 1.807) is 9.21 Å². The van der Waals surface area contributed by atoms with Crippen LogP contribution in [0.2, 0.25) is 0 Å². The Hall–Kier alpha value is -2.54. The Bertz CT molecular complexity index is 1180. The number of carbonyl (C=O) groups excluding carboxylic acids is 1. The molecule has 0 spiro atoms. The Balaban J connectivity index is 1.59. The van der Waals surface area contributed by atoms with Crippen molar-refractivity contribution < 1.29 is 18.3 Å². The molecule has 1 aromatic carbocycles. The van der Waals surface area contributed by atoms with Crippen LogP contribution in [0, 0.1) is 12.7 Å². The van der Waals surface area contributed by atoms with E-state index < -0.39 is 16.6 Å². The number of hydrogen-bond donors (Lipinski definition) is 2. The van der Waals surface area contributed by atoms with Crippen molar-refractivity contribution in [1.82, 2.24) is 23.8 Å². The third-order valence-electron chi connectivity index (χ3n) is 5.85. The van der Waals surface area contributed by atoms with E-state index in [0.29, 0.717) is 59.8 Å². The molecule has 2 aliphatic rings. The average molecular weight is 479 g/mol. The fourth-order valence-corrected chi connectivity index (χ4v) is 6.55. The third-order valence-corrected chi connectivity index (χ3v) is 8.55. The molecule has 0 bridgehead atoms. The van der Waals surface area contributed by atoms with E-state index in [1.807, 2.05) is 18.4 Å². The van der Waals surface area contributed by atoms with E-state index in [-0.39, 0.29) is 11.9 Å². The van der Waals surface area contributed by atoms with E-state index in [4.69, 9.17) is 4.98 Å². The summed E-state index contributed by atoms with van der Waals surface area (Å²) in [6.45, 7) is 5.08. The van der Waals surface area contributed by atoms with E-state index in [0.717, 1.165) is 5.69 Å². The van der Waals surface area contributed by atoms with Gasteiger partial charge in [0.2, 0.25) is 0 Å². The van der Waals surface area contributed by atoms with Gasteiger partial charge in [0.25, 0.3) is 5.91 Å². The number of anilines is 1. The minimum atomic E-state index is -2.98. The summed E-state index contributed by atoms with van der Waals surface area (Å²) in [4.78, 5) is 24.2. The molecule has 1 saturated heterocycles. The highest BCUT2D eigenvalue weighted by Gasteiger charge is 2.40. The smallest absolute Gasteiger partial charge is 0.254 e. The van der Waals surface area contributed by atoms with Crippen LogP contribution in [0.3, 0.4) is 0 Å². The highest BCUT2D eigenvalue weighted by Crippen LogP contribution is 2.53. The lowest BCUT2D eigenvalue weighted by atomic mass is 10.1. The fraction of sp³-hybridized carbons (Fsp3) is 0.400. The molecule has 0 saturated carbocycles. The highest BCUT2D eigenvalue weighted by atomic mass is 32.3. The molecule has 2 aliphatic heterocycles. The van der Waals surface area contributed by atoms with Crippen LogP contribution in [0.1, 0.15) is 41.3 Å². The number of fused-ring (bicyclic) bond motifs is 1. The number of aromatic nitrogens is 4. The Kier molecular flexibility index (Phi) is 5.19. The number of nitrogens with zero attached hydrogens (tertiary/aromatic N) is 6. The van der Waals surface area contributed by atoms with Gasteiger partial charge in [0, 0.05) is 25.2 Å². The molecule has 5 rings (SSSR count). The highest BCUT2D eigenvalue weighted by molar-refractivity contribution is 8.25. The van der Waals surface area contributed by atoms with Gasteiger partial charge in [-0.25, -0.2) is 14.4 Å². The largest absolute Gasteiger partial charge is 0.328 e. The Morgan fingerprint density at radius 1 is 1.19 bits per heavy atom. The lowest BCUT2D eigenvalue weighted by Crippen LogP contribution is -2.41. The third kappa shape index (κ3) is 3.47. The minimum absolute atomic E-state index is 0.211. The molecule has 12 heteroatoms. The van der Waals surface area contributed by atoms with Gasteiger partial charge in [-0.1, -0.05) is 0 Å². The number of carbonyl (C=O) groups is 1. The molecule has 9 nitrogen and oxygen atoms in total. The first kappa shape index (κ1) is 21.3. The van der Waals surface area contributed by atoms with Crippen LogP contribution in [0.15, 0.2) is 24.3 Å². The quantitative estimate of drug-likeness (QED) is 0.587. The number of imidazole rings is 1. The maximum Gasteiger partial charge on any atom is 0.254 e. The Labute approximate surface area is 190 Å². The number of aryl methyl sites for hydroxylation is 1. The zero-order chi connectivity index (χ0) is 22.6. The molecule has 32 heavy (non-hydrogen) atoms. The summed E-state index contributed by atoms with van der Waals surface area (Å²) in [7, 11) is -2.98. The van der Waals surface area contributed by atoms with E-state index >= 15 is 0 Å². The molecule has 2 N–H and O–H groups in total. The molecule has 1 atom stereocenters. The first-order valence-corrected chi connectivity index (χ1v) is 12.7. The summed E-state index contributed by atoms with van der Waals surface area (Å²) in [5, 5.41) is 0.649. The van der Waals surface area contributed by atoms with Gasteiger partial charge in [-0.05, 0) is 56.1 Å². The molecule has 0 radical (unpaired) electrons. The number of amides is 1. The number of rotatable bonds is 3. The van der Waals surface area contributed by atoms with Crippen molar-refractivity contribution in [3.63, 3.8) is 0 Å². The second-order valence-corrected chi connectivity index (χ2v) is 10.8. The summed E-state index contributed by atoms with van der Waals surface area (Å²) in [5.41, 5.74) is 1.13. The van der Waals surface area contributed by atoms with Crippen molar-refractivity contribution in [3.8, 4) is 10.8 Å². The average Bonchev–Trinajstić information content (AvgIpc) is 3.44. The summed E-state index contributed by atoms with van der Waals surface area (Å²) in [6, 6.07) is 5.11. The van der Waals surface area contributed by atoms with Crippen LogP contribution < -0.4 is 4.31 Å². The van der Waals surface area contributed by atoms with E-state index in [1.165, 1.54) is 35.8 Å². The van der Waals surface area contributed by atoms with Crippen molar-refractivity contribution >= 4 is 34.0 Å². The zero-order valence-corrected chi connectivity index (χ0v) is 19.2. The van der Waals surface area contributed by atoms with Gasteiger partial charge in [0.15, 0.2) is 16.6 Å². The van der Waals surface area contributed by atoms with Crippen LogP contribution in [-0.4, -0.2) is 57.7 Å². The first-order valence-electron chi connectivity index (χ1n) is 10.3. The van der Waals surface area contributed by atoms with Gasteiger partial charge < -0.3 is 9.47 Å². The summed E-state index contributed by atoms with van der Waals surface area (Å²) in [5.74, 6) is 1.41. The van der Waals surface area contributed by atoms with Crippen LogP contribution in [0.4, 0.5) is 10.2 Å². The molecule has 1 amide bonds. The second-order valence-electron chi connectivity index (χ2n) is 7.92. The van der Waals surface area contributed by atoms with Gasteiger partial charge in [0.1, 0.15) is 11.6 Å². The standard InChI is InChI=1S/C20H23FN6O3S2/c1-12-16-17(27-8-3-11-32(27,29)30)23-18(19-22-13(2)24-31-19)26(16)10-9-25(12)20(28)14-4-6-15(21)7-5-14/h4-7,12,29-30H,3,8-11H2,1-2H3/t12-/m1/s1. The molecule has 0 unspecified atom stereocenters. The second kappa shape index (κ2) is 7.80. The van der Waals surface area contributed by atoms with Crippen molar-refractivity contribution in [2.24, 2.45) is 0 Å². The van der Waals surface area contributed by atoms with Crippen molar-refractivity contribution in [1.29, 1.82) is 0 Å². The van der Waals surface area contributed by atoms with Gasteiger partial charge >= 0.3 is 0 Å². The van der Waals surface area contributed by atoms with E-state index in [2.05, 4.69) is 9.36 Å².